The van der Waals surface area contributed by atoms with Gasteiger partial charge in [0.2, 0.25) is 5.91 Å². The van der Waals surface area contributed by atoms with Crippen molar-refractivity contribution in [3.8, 4) is 0 Å². The Bertz CT molecular complexity index is 564. The van der Waals surface area contributed by atoms with E-state index in [0.29, 0.717) is 24.1 Å². The lowest BCUT2D eigenvalue weighted by Gasteiger charge is -2.13. The van der Waals surface area contributed by atoms with Gasteiger partial charge in [0.15, 0.2) is 0 Å². The van der Waals surface area contributed by atoms with Gasteiger partial charge in [0.25, 0.3) is 5.91 Å². The zero-order valence-electron chi connectivity index (χ0n) is 12.5. The Labute approximate surface area is 128 Å². The van der Waals surface area contributed by atoms with Gasteiger partial charge in [-0.3, -0.25) is 9.59 Å². The molecule has 0 aromatic heterocycles. The topological polar surface area (TPSA) is 95.5 Å². The fraction of sp³-hybridized carbons (Fsp3) is 0.438. The number of carbonyl (C=O) groups excluding carboxylic acids is 2. The van der Waals surface area contributed by atoms with Crippen molar-refractivity contribution in [2.24, 2.45) is 5.92 Å². The lowest BCUT2D eigenvalue weighted by atomic mass is 10.1. The number of rotatable bonds is 7. The first kappa shape index (κ1) is 16.0. The third-order valence-corrected chi connectivity index (χ3v) is 3.54. The molecular weight excluding hydrogens is 284 g/mol. The van der Waals surface area contributed by atoms with Gasteiger partial charge >= 0.3 is 5.97 Å². The van der Waals surface area contributed by atoms with Crippen molar-refractivity contribution in [1.82, 2.24) is 5.32 Å². The van der Waals surface area contributed by atoms with E-state index in [4.69, 9.17) is 5.11 Å². The summed E-state index contributed by atoms with van der Waals surface area (Å²) in [6.07, 6.45) is 2.92. The smallest absolute Gasteiger partial charge is 0.326 e. The summed E-state index contributed by atoms with van der Waals surface area (Å²) in [6, 6.07) is 5.55. The van der Waals surface area contributed by atoms with E-state index in [0.717, 1.165) is 12.8 Å². The molecule has 3 N–H and O–H groups in total. The zero-order valence-corrected chi connectivity index (χ0v) is 12.5. The molecule has 0 radical (unpaired) electrons. The van der Waals surface area contributed by atoms with Crippen LogP contribution in [0.15, 0.2) is 24.3 Å². The highest BCUT2D eigenvalue weighted by Gasteiger charge is 2.29. The van der Waals surface area contributed by atoms with E-state index in [-0.39, 0.29) is 11.8 Å². The predicted molar refractivity (Wildman–Crippen MR) is 81.6 cm³/mol. The summed E-state index contributed by atoms with van der Waals surface area (Å²) in [5.74, 6) is -1.34. The summed E-state index contributed by atoms with van der Waals surface area (Å²) in [5, 5.41) is 14.3. The van der Waals surface area contributed by atoms with Gasteiger partial charge in [-0.25, -0.2) is 4.79 Å². The second kappa shape index (κ2) is 7.06. The summed E-state index contributed by atoms with van der Waals surface area (Å²) in [4.78, 5) is 34.7. The Morgan fingerprint density at radius 2 is 1.86 bits per heavy atom. The summed E-state index contributed by atoms with van der Waals surface area (Å²) < 4.78 is 0. The number of carboxylic acid groups (broad SMARTS) is 1. The number of amides is 2. The minimum Gasteiger partial charge on any atom is -0.480 e. The van der Waals surface area contributed by atoms with Crippen LogP contribution in [0, 0.1) is 5.92 Å². The number of anilines is 1. The molecule has 6 heteroatoms. The van der Waals surface area contributed by atoms with Crippen LogP contribution in [0.1, 0.15) is 43.0 Å². The number of nitrogens with one attached hydrogen (secondary N) is 2. The highest BCUT2D eigenvalue weighted by Crippen LogP contribution is 2.30. The number of aliphatic carboxylic acids is 1. The average molecular weight is 304 g/mol. The highest BCUT2D eigenvalue weighted by atomic mass is 16.4. The molecule has 0 spiro atoms. The monoisotopic (exact) mass is 304 g/mol. The Hall–Kier alpha value is -2.37. The van der Waals surface area contributed by atoms with Crippen LogP contribution >= 0.6 is 0 Å². The van der Waals surface area contributed by atoms with E-state index < -0.39 is 17.9 Å². The maximum Gasteiger partial charge on any atom is 0.326 e. The Kier molecular flexibility index (Phi) is 5.14. The quantitative estimate of drug-likeness (QED) is 0.718. The second-order valence-electron chi connectivity index (χ2n) is 5.49. The normalized spacial score (nSPS) is 15.0. The second-order valence-corrected chi connectivity index (χ2v) is 5.49. The van der Waals surface area contributed by atoms with Gasteiger partial charge in [-0.15, -0.1) is 0 Å². The SMILES string of the molecule is CCCC(NC(=O)c1ccc(NC(=O)C2CC2)cc1)C(=O)O. The molecule has 1 unspecified atom stereocenters. The van der Waals surface area contributed by atoms with Crippen molar-refractivity contribution in [1.29, 1.82) is 0 Å². The van der Waals surface area contributed by atoms with E-state index in [9.17, 15) is 14.4 Å². The lowest BCUT2D eigenvalue weighted by Crippen LogP contribution is -2.40. The van der Waals surface area contributed by atoms with Crippen molar-refractivity contribution in [2.75, 3.05) is 5.32 Å². The first-order valence-corrected chi connectivity index (χ1v) is 7.46. The summed E-state index contributed by atoms with van der Waals surface area (Å²) in [5.41, 5.74) is 1.00. The minimum absolute atomic E-state index is 0.00564. The summed E-state index contributed by atoms with van der Waals surface area (Å²) in [7, 11) is 0. The van der Waals surface area contributed by atoms with Crippen LogP contribution in [0.3, 0.4) is 0 Å². The van der Waals surface area contributed by atoms with E-state index >= 15 is 0 Å². The van der Waals surface area contributed by atoms with Gasteiger partial charge in [-0.1, -0.05) is 13.3 Å². The molecule has 0 heterocycles. The predicted octanol–water partition coefficient (Wildman–Crippen LogP) is 2.02. The largest absolute Gasteiger partial charge is 0.480 e. The zero-order chi connectivity index (χ0) is 16.1. The first-order chi connectivity index (χ1) is 10.5. The van der Waals surface area contributed by atoms with Crippen molar-refractivity contribution in [2.45, 2.75) is 38.6 Å². The van der Waals surface area contributed by atoms with Crippen molar-refractivity contribution >= 4 is 23.5 Å². The van der Waals surface area contributed by atoms with Gasteiger partial charge in [-0.2, -0.15) is 0 Å². The van der Waals surface area contributed by atoms with Gasteiger partial charge in [-0.05, 0) is 43.5 Å². The number of carbonyl (C=O) groups is 3. The van der Waals surface area contributed by atoms with Crippen LogP contribution in [0.25, 0.3) is 0 Å². The van der Waals surface area contributed by atoms with Crippen LogP contribution in [0.4, 0.5) is 5.69 Å². The first-order valence-electron chi connectivity index (χ1n) is 7.46. The van der Waals surface area contributed by atoms with E-state index in [1.54, 1.807) is 24.3 Å². The third-order valence-electron chi connectivity index (χ3n) is 3.54. The average Bonchev–Trinajstić information content (AvgIpc) is 3.32. The molecule has 6 nitrogen and oxygen atoms in total. The van der Waals surface area contributed by atoms with E-state index in [2.05, 4.69) is 10.6 Å². The molecule has 1 aliphatic rings. The lowest BCUT2D eigenvalue weighted by molar-refractivity contribution is -0.139. The Balaban J connectivity index is 1.95. The van der Waals surface area contributed by atoms with Gasteiger partial charge < -0.3 is 15.7 Å². The van der Waals surface area contributed by atoms with Crippen molar-refractivity contribution in [3.63, 3.8) is 0 Å². The Morgan fingerprint density at radius 1 is 1.23 bits per heavy atom. The van der Waals surface area contributed by atoms with Gasteiger partial charge in [0, 0.05) is 17.2 Å². The Morgan fingerprint density at radius 3 is 2.36 bits per heavy atom. The number of hydrogen-bond donors (Lipinski definition) is 3. The molecule has 22 heavy (non-hydrogen) atoms. The molecule has 1 aromatic carbocycles. The molecular formula is C16H20N2O4. The molecule has 1 atom stereocenters. The highest BCUT2D eigenvalue weighted by molar-refractivity contribution is 5.98. The van der Waals surface area contributed by atoms with Crippen LogP contribution in [-0.4, -0.2) is 28.9 Å². The molecule has 2 rings (SSSR count). The van der Waals surface area contributed by atoms with Gasteiger partial charge in [0.05, 0.1) is 0 Å². The molecule has 0 aliphatic heterocycles. The molecule has 0 bridgehead atoms. The molecule has 1 saturated carbocycles. The van der Waals surface area contributed by atoms with Crippen LogP contribution in [0.2, 0.25) is 0 Å². The molecule has 1 aliphatic carbocycles. The molecule has 118 valence electrons. The molecule has 1 fully saturated rings. The standard InChI is InChI=1S/C16H20N2O4/c1-2-3-13(16(21)22)18-15(20)11-6-8-12(9-7-11)17-14(19)10-4-5-10/h6-10,13H,2-5H2,1H3,(H,17,19)(H,18,20)(H,21,22). The number of carboxylic acids is 1. The maximum atomic E-state index is 12.0. The minimum atomic E-state index is -1.04. The van der Waals surface area contributed by atoms with Crippen LogP contribution < -0.4 is 10.6 Å². The number of hydrogen-bond acceptors (Lipinski definition) is 3. The van der Waals surface area contributed by atoms with Crippen molar-refractivity contribution < 1.29 is 19.5 Å². The fourth-order valence-corrected chi connectivity index (χ4v) is 2.08. The van der Waals surface area contributed by atoms with Crippen LogP contribution in [-0.2, 0) is 9.59 Å². The van der Waals surface area contributed by atoms with E-state index in [1.165, 1.54) is 0 Å². The molecule has 2 amide bonds. The van der Waals surface area contributed by atoms with E-state index in [1.807, 2.05) is 6.92 Å². The molecule has 1 aromatic rings. The van der Waals surface area contributed by atoms with Crippen LogP contribution in [0.5, 0.6) is 0 Å². The summed E-state index contributed by atoms with van der Waals surface area (Å²) >= 11 is 0. The van der Waals surface area contributed by atoms with Gasteiger partial charge in [0.1, 0.15) is 6.04 Å². The van der Waals surface area contributed by atoms with Crippen molar-refractivity contribution in [3.05, 3.63) is 29.8 Å². The third kappa shape index (κ3) is 4.31. The number of benzene rings is 1. The maximum absolute atomic E-state index is 12.0. The summed E-state index contributed by atoms with van der Waals surface area (Å²) in [6.45, 7) is 1.86. The molecule has 0 saturated heterocycles. The fourth-order valence-electron chi connectivity index (χ4n) is 2.08.